The van der Waals surface area contributed by atoms with E-state index in [4.69, 9.17) is 11.6 Å². The minimum absolute atomic E-state index is 0.00258. The van der Waals surface area contributed by atoms with E-state index in [0.29, 0.717) is 10.5 Å². The van der Waals surface area contributed by atoms with Crippen molar-refractivity contribution in [3.8, 4) is 0 Å². The topological polar surface area (TPSA) is 58.2 Å². The second kappa shape index (κ2) is 7.82. The van der Waals surface area contributed by atoms with Gasteiger partial charge in [-0.25, -0.2) is 4.39 Å². The first-order chi connectivity index (χ1) is 10.6. The van der Waals surface area contributed by atoms with Crippen LogP contribution in [0.5, 0.6) is 0 Å². The average molecular weight is 339 g/mol. The number of nitrogens with one attached hydrogen (secondary N) is 2. The fraction of sp³-hybridized carbons (Fsp3) is 0.0667. The number of benzene rings is 2. The van der Waals surface area contributed by atoms with Gasteiger partial charge in [-0.05, 0) is 30.3 Å². The number of amides is 2. The molecule has 2 rings (SSSR count). The van der Waals surface area contributed by atoms with Gasteiger partial charge in [0.1, 0.15) is 5.82 Å². The first kappa shape index (κ1) is 16.3. The lowest BCUT2D eigenvalue weighted by molar-refractivity contribution is -0.119. The molecule has 0 saturated carbocycles. The van der Waals surface area contributed by atoms with Gasteiger partial charge in [0, 0.05) is 10.5 Å². The molecule has 4 nitrogen and oxygen atoms in total. The highest BCUT2D eigenvalue weighted by Gasteiger charge is 2.08. The predicted molar refractivity (Wildman–Crippen MR) is 84.2 cm³/mol. The maximum Gasteiger partial charge on any atom is 0.269 e. The molecule has 0 heterocycles. The molecule has 0 saturated heterocycles. The molecule has 0 aliphatic heterocycles. The summed E-state index contributed by atoms with van der Waals surface area (Å²) in [7, 11) is 0. The normalized spacial score (nSPS) is 10.1. The largest absolute Gasteiger partial charge is 0.272 e. The second-order valence-electron chi connectivity index (χ2n) is 4.23. The summed E-state index contributed by atoms with van der Waals surface area (Å²) >= 11 is 6.84. The minimum Gasteiger partial charge on any atom is -0.272 e. The van der Waals surface area contributed by atoms with E-state index < -0.39 is 11.7 Å². The van der Waals surface area contributed by atoms with E-state index in [2.05, 4.69) is 10.9 Å². The van der Waals surface area contributed by atoms with Gasteiger partial charge >= 0.3 is 0 Å². The lowest BCUT2D eigenvalue weighted by Crippen LogP contribution is -2.42. The molecule has 22 heavy (non-hydrogen) atoms. The van der Waals surface area contributed by atoms with Crippen molar-refractivity contribution in [3.63, 3.8) is 0 Å². The van der Waals surface area contributed by atoms with Crippen molar-refractivity contribution < 1.29 is 14.0 Å². The van der Waals surface area contributed by atoms with Crippen LogP contribution in [0.1, 0.15) is 10.4 Å². The van der Waals surface area contributed by atoms with E-state index in [9.17, 15) is 14.0 Å². The van der Waals surface area contributed by atoms with Crippen LogP contribution in [0.25, 0.3) is 0 Å². The fourth-order valence-corrected chi connectivity index (χ4v) is 2.52. The van der Waals surface area contributed by atoms with E-state index in [1.165, 1.54) is 30.0 Å². The van der Waals surface area contributed by atoms with E-state index in [-0.39, 0.29) is 16.7 Å². The lowest BCUT2D eigenvalue weighted by atomic mass is 10.2. The summed E-state index contributed by atoms with van der Waals surface area (Å²) < 4.78 is 13.0. The lowest BCUT2D eigenvalue weighted by Gasteiger charge is -2.07. The van der Waals surface area contributed by atoms with Crippen LogP contribution in [-0.2, 0) is 4.79 Å². The molecule has 0 fully saturated rings. The van der Waals surface area contributed by atoms with Crippen LogP contribution in [0.2, 0.25) is 5.02 Å². The highest BCUT2D eigenvalue weighted by Crippen LogP contribution is 2.23. The van der Waals surface area contributed by atoms with Crippen LogP contribution in [-0.4, -0.2) is 17.6 Å². The van der Waals surface area contributed by atoms with Crippen LogP contribution in [0.15, 0.2) is 53.4 Å². The smallest absolute Gasteiger partial charge is 0.269 e. The van der Waals surface area contributed by atoms with Gasteiger partial charge in [0.2, 0.25) is 5.91 Å². The zero-order chi connectivity index (χ0) is 15.9. The molecular formula is C15H12ClFN2O2S. The first-order valence-corrected chi connectivity index (χ1v) is 7.64. The number of halogens is 2. The summed E-state index contributed by atoms with van der Waals surface area (Å²) in [4.78, 5) is 24.0. The fourth-order valence-electron chi connectivity index (χ4n) is 1.54. The molecule has 2 aromatic rings. The Labute approximate surface area is 136 Å². The van der Waals surface area contributed by atoms with Crippen LogP contribution in [0.3, 0.4) is 0 Å². The Kier molecular flexibility index (Phi) is 5.80. The molecule has 2 aromatic carbocycles. The van der Waals surface area contributed by atoms with Crippen LogP contribution in [0.4, 0.5) is 4.39 Å². The Morgan fingerprint density at radius 3 is 2.50 bits per heavy atom. The summed E-state index contributed by atoms with van der Waals surface area (Å²) in [6.07, 6.45) is 0. The molecule has 0 radical (unpaired) electrons. The van der Waals surface area contributed by atoms with Gasteiger partial charge in [0.25, 0.3) is 5.91 Å². The zero-order valence-corrected chi connectivity index (χ0v) is 12.9. The molecule has 0 aliphatic rings. The van der Waals surface area contributed by atoms with Gasteiger partial charge in [-0.3, -0.25) is 20.4 Å². The number of carbonyl (C=O) groups excluding carboxylic acids is 2. The molecule has 0 spiro atoms. The highest BCUT2D eigenvalue weighted by molar-refractivity contribution is 8.00. The average Bonchev–Trinajstić information content (AvgIpc) is 2.54. The maximum absolute atomic E-state index is 13.0. The number of carbonyl (C=O) groups is 2. The van der Waals surface area contributed by atoms with Crippen molar-refractivity contribution in [2.75, 3.05) is 5.75 Å². The maximum atomic E-state index is 13.0. The van der Waals surface area contributed by atoms with E-state index in [1.54, 1.807) is 30.3 Å². The van der Waals surface area contributed by atoms with Gasteiger partial charge in [0.05, 0.1) is 10.8 Å². The third-order valence-corrected chi connectivity index (χ3v) is 3.90. The van der Waals surface area contributed by atoms with Gasteiger partial charge < -0.3 is 0 Å². The summed E-state index contributed by atoms with van der Waals surface area (Å²) in [5.74, 6) is -1.22. The van der Waals surface area contributed by atoms with Gasteiger partial charge in [0.15, 0.2) is 0 Å². The molecule has 7 heteroatoms. The summed E-state index contributed by atoms with van der Waals surface area (Å²) in [5.41, 5.74) is 5.07. The van der Waals surface area contributed by atoms with Crippen LogP contribution < -0.4 is 10.9 Å². The number of thioether (sulfide) groups is 1. The van der Waals surface area contributed by atoms with Gasteiger partial charge in [-0.1, -0.05) is 29.8 Å². The Balaban J connectivity index is 1.78. The third kappa shape index (κ3) is 4.75. The van der Waals surface area contributed by atoms with Gasteiger partial charge in [-0.2, -0.15) is 0 Å². The van der Waals surface area contributed by atoms with Crippen molar-refractivity contribution in [2.24, 2.45) is 0 Å². The Bertz CT molecular complexity index is 682. The van der Waals surface area contributed by atoms with Crippen molar-refractivity contribution in [1.82, 2.24) is 10.9 Å². The molecule has 0 bridgehead atoms. The minimum atomic E-state index is -0.509. The Morgan fingerprint density at radius 2 is 1.82 bits per heavy atom. The van der Waals surface area contributed by atoms with Gasteiger partial charge in [-0.15, -0.1) is 11.8 Å². The standard InChI is InChI=1S/C15H12ClFN2O2S/c16-12-8-11(6-7-13(12)17)22-9-14(20)18-19-15(21)10-4-2-1-3-5-10/h1-8H,9H2,(H,18,20)(H,19,21). The SMILES string of the molecule is O=C(CSc1ccc(F)c(Cl)c1)NNC(=O)c1ccccc1. The van der Waals surface area contributed by atoms with E-state index in [1.807, 2.05) is 0 Å². The number of hydrogen-bond donors (Lipinski definition) is 2. The highest BCUT2D eigenvalue weighted by atomic mass is 35.5. The monoisotopic (exact) mass is 338 g/mol. The van der Waals surface area contributed by atoms with Crippen LogP contribution >= 0.6 is 23.4 Å². The summed E-state index contributed by atoms with van der Waals surface area (Å²) in [6, 6.07) is 12.7. The molecular weight excluding hydrogens is 327 g/mol. The summed E-state index contributed by atoms with van der Waals surface area (Å²) in [5, 5.41) is 0.00258. The molecule has 0 aliphatic carbocycles. The number of hydrogen-bond acceptors (Lipinski definition) is 3. The van der Waals surface area contributed by atoms with Crippen molar-refractivity contribution in [1.29, 1.82) is 0 Å². The second-order valence-corrected chi connectivity index (χ2v) is 5.69. The Morgan fingerprint density at radius 1 is 1.09 bits per heavy atom. The summed E-state index contributed by atoms with van der Waals surface area (Å²) in [6.45, 7) is 0. The molecule has 0 atom stereocenters. The van der Waals surface area contributed by atoms with E-state index >= 15 is 0 Å². The number of rotatable bonds is 4. The molecule has 2 N–H and O–H groups in total. The molecule has 2 amide bonds. The zero-order valence-electron chi connectivity index (χ0n) is 11.3. The number of hydrazine groups is 1. The van der Waals surface area contributed by atoms with Crippen molar-refractivity contribution >= 4 is 35.2 Å². The molecule has 0 unspecified atom stereocenters. The Hall–Kier alpha value is -2.05. The first-order valence-electron chi connectivity index (χ1n) is 6.28. The van der Waals surface area contributed by atoms with E-state index in [0.717, 1.165) is 0 Å². The van der Waals surface area contributed by atoms with Crippen molar-refractivity contribution in [2.45, 2.75) is 4.90 Å². The molecule has 114 valence electrons. The predicted octanol–water partition coefficient (Wildman–Crippen LogP) is 3.03. The quantitative estimate of drug-likeness (QED) is 0.665. The third-order valence-electron chi connectivity index (χ3n) is 2.61. The van der Waals surface area contributed by atoms with Crippen LogP contribution in [0, 0.1) is 5.82 Å². The van der Waals surface area contributed by atoms with Crippen molar-refractivity contribution in [3.05, 3.63) is 64.9 Å². The molecule has 0 aromatic heterocycles.